The molecule has 1 fully saturated rings. The van der Waals surface area contributed by atoms with E-state index in [-0.39, 0.29) is 28.7 Å². The van der Waals surface area contributed by atoms with Crippen molar-refractivity contribution in [3.05, 3.63) is 64.0 Å². The van der Waals surface area contributed by atoms with Crippen molar-refractivity contribution in [1.29, 1.82) is 0 Å². The van der Waals surface area contributed by atoms with Gasteiger partial charge in [0.05, 0.1) is 5.69 Å². The Morgan fingerprint density at radius 2 is 2.00 bits per heavy atom. The van der Waals surface area contributed by atoms with E-state index < -0.39 is 6.04 Å². The molecule has 3 atom stereocenters. The lowest BCUT2D eigenvalue weighted by Crippen LogP contribution is -2.48. The number of nitrogens with zero attached hydrogens (tertiary/aromatic N) is 5. The van der Waals surface area contributed by atoms with Crippen LogP contribution in [-0.2, 0) is 11.2 Å². The maximum Gasteiger partial charge on any atom is 0.282 e. The molecule has 1 aliphatic heterocycles. The van der Waals surface area contributed by atoms with Gasteiger partial charge in [0, 0.05) is 31.8 Å². The summed E-state index contributed by atoms with van der Waals surface area (Å²) in [6.45, 7) is 0. The standard InChI is InChI=1S/C20H18N6O2S/c1-26-17-15(21-7-8-22-17)12-10-13(12)16(20(26)28)23-18(27)19-25-24-14(29-19)9-11-5-3-2-4-6-11/h2-8,12-13,16H,9-10H2,1H3,(H,23,27). The van der Waals surface area contributed by atoms with Crippen molar-refractivity contribution in [3.63, 3.8) is 0 Å². The van der Waals surface area contributed by atoms with Crippen LogP contribution in [0.1, 0.15) is 38.4 Å². The number of rotatable bonds is 4. The highest BCUT2D eigenvalue weighted by molar-refractivity contribution is 7.13. The summed E-state index contributed by atoms with van der Waals surface area (Å²) in [4.78, 5) is 36.0. The second kappa shape index (κ2) is 7.00. The van der Waals surface area contributed by atoms with E-state index >= 15 is 0 Å². The van der Waals surface area contributed by atoms with Crippen LogP contribution in [0.3, 0.4) is 0 Å². The minimum Gasteiger partial charge on any atom is -0.338 e. The van der Waals surface area contributed by atoms with Crippen molar-refractivity contribution in [2.45, 2.75) is 24.8 Å². The molecule has 0 saturated heterocycles. The molecule has 2 aromatic heterocycles. The zero-order chi connectivity index (χ0) is 20.0. The molecule has 9 heteroatoms. The van der Waals surface area contributed by atoms with Gasteiger partial charge in [0.2, 0.25) is 5.01 Å². The number of benzene rings is 1. The van der Waals surface area contributed by atoms with Gasteiger partial charge in [-0.1, -0.05) is 41.7 Å². The van der Waals surface area contributed by atoms with Crippen LogP contribution in [0.4, 0.5) is 5.82 Å². The van der Waals surface area contributed by atoms with Crippen molar-refractivity contribution in [2.24, 2.45) is 5.92 Å². The average Bonchev–Trinajstić information content (AvgIpc) is 3.41. The van der Waals surface area contributed by atoms with Crippen LogP contribution in [0.2, 0.25) is 0 Å². The molecule has 1 N–H and O–H groups in total. The number of fused-ring (bicyclic) bond motifs is 3. The number of hydrogen-bond acceptors (Lipinski definition) is 7. The Morgan fingerprint density at radius 3 is 2.83 bits per heavy atom. The molecule has 1 aromatic carbocycles. The van der Waals surface area contributed by atoms with Crippen molar-refractivity contribution < 1.29 is 9.59 Å². The molecule has 29 heavy (non-hydrogen) atoms. The van der Waals surface area contributed by atoms with Gasteiger partial charge in [-0.2, -0.15) is 0 Å². The summed E-state index contributed by atoms with van der Waals surface area (Å²) in [7, 11) is 1.67. The van der Waals surface area contributed by atoms with Crippen LogP contribution in [-0.4, -0.2) is 45.1 Å². The third-order valence-corrected chi connectivity index (χ3v) is 6.31. The molecule has 8 nitrogen and oxygen atoms in total. The molecule has 3 unspecified atom stereocenters. The van der Waals surface area contributed by atoms with Crippen LogP contribution in [0.15, 0.2) is 42.7 Å². The third kappa shape index (κ3) is 3.27. The molecule has 3 aromatic rings. The SMILES string of the molecule is CN1C(=O)C(NC(=O)c2nnc(Cc3ccccc3)s2)C2CC2c2nccnc21. The fraction of sp³-hybridized carbons (Fsp3) is 0.300. The highest BCUT2D eigenvalue weighted by Crippen LogP contribution is 2.53. The molecular weight excluding hydrogens is 388 g/mol. The van der Waals surface area contributed by atoms with E-state index in [0.717, 1.165) is 22.7 Å². The second-order valence-electron chi connectivity index (χ2n) is 7.28. The topological polar surface area (TPSA) is 101 Å². The molecule has 0 bridgehead atoms. The van der Waals surface area contributed by atoms with Gasteiger partial charge in [0.1, 0.15) is 11.0 Å². The first-order valence-electron chi connectivity index (χ1n) is 9.37. The molecule has 1 aliphatic carbocycles. The van der Waals surface area contributed by atoms with E-state index in [1.807, 2.05) is 30.3 Å². The molecule has 3 heterocycles. The van der Waals surface area contributed by atoms with Crippen molar-refractivity contribution >= 4 is 29.0 Å². The van der Waals surface area contributed by atoms with Crippen LogP contribution in [0.25, 0.3) is 0 Å². The molecule has 146 valence electrons. The largest absolute Gasteiger partial charge is 0.338 e. The second-order valence-corrected chi connectivity index (χ2v) is 8.35. The lowest BCUT2D eigenvalue weighted by atomic mass is 10.1. The third-order valence-electron chi connectivity index (χ3n) is 5.39. The minimum atomic E-state index is -0.616. The zero-order valence-electron chi connectivity index (χ0n) is 15.6. The van der Waals surface area contributed by atoms with Gasteiger partial charge in [0.15, 0.2) is 5.82 Å². The van der Waals surface area contributed by atoms with Gasteiger partial charge in [0.25, 0.3) is 11.8 Å². The summed E-state index contributed by atoms with van der Waals surface area (Å²) in [5.41, 5.74) is 1.93. The van der Waals surface area contributed by atoms with Gasteiger partial charge in [-0.3, -0.25) is 19.5 Å². The van der Waals surface area contributed by atoms with Crippen LogP contribution in [0.5, 0.6) is 0 Å². The zero-order valence-corrected chi connectivity index (χ0v) is 16.5. The van der Waals surface area contributed by atoms with E-state index in [0.29, 0.717) is 12.2 Å². The van der Waals surface area contributed by atoms with Gasteiger partial charge >= 0.3 is 0 Å². The van der Waals surface area contributed by atoms with Crippen molar-refractivity contribution in [2.75, 3.05) is 11.9 Å². The molecule has 0 spiro atoms. The normalized spacial score (nSPS) is 22.4. The number of nitrogens with one attached hydrogen (secondary N) is 1. The Kier molecular flexibility index (Phi) is 4.31. The maximum atomic E-state index is 13.0. The minimum absolute atomic E-state index is 0.0311. The first-order chi connectivity index (χ1) is 14.1. The summed E-state index contributed by atoms with van der Waals surface area (Å²) >= 11 is 1.25. The number of carbonyl (C=O) groups is 2. The first kappa shape index (κ1) is 17.9. The van der Waals surface area contributed by atoms with Crippen molar-refractivity contribution in [3.8, 4) is 0 Å². The molecule has 5 rings (SSSR count). The Morgan fingerprint density at radius 1 is 1.21 bits per heavy atom. The van der Waals surface area contributed by atoms with Crippen LogP contribution < -0.4 is 10.2 Å². The average molecular weight is 406 g/mol. The van der Waals surface area contributed by atoms with Gasteiger partial charge in [-0.15, -0.1) is 10.2 Å². The predicted molar refractivity (Wildman–Crippen MR) is 107 cm³/mol. The summed E-state index contributed by atoms with van der Waals surface area (Å²) in [5, 5.41) is 12.1. The summed E-state index contributed by atoms with van der Waals surface area (Å²) in [6, 6.07) is 9.28. The first-order valence-corrected chi connectivity index (χ1v) is 10.2. The monoisotopic (exact) mass is 406 g/mol. The van der Waals surface area contributed by atoms with Crippen LogP contribution >= 0.6 is 11.3 Å². The Bertz CT molecular complexity index is 1090. The number of amides is 2. The fourth-order valence-electron chi connectivity index (χ4n) is 3.81. The van der Waals surface area contributed by atoms with E-state index in [4.69, 9.17) is 0 Å². The molecule has 2 aliphatic rings. The molecule has 1 saturated carbocycles. The highest BCUT2D eigenvalue weighted by Gasteiger charge is 2.53. The van der Waals surface area contributed by atoms with Gasteiger partial charge in [-0.05, 0) is 17.9 Å². The Balaban J connectivity index is 1.32. The molecule has 0 radical (unpaired) electrons. The fourth-order valence-corrected chi connectivity index (χ4v) is 4.59. The summed E-state index contributed by atoms with van der Waals surface area (Å²) in [6.07, 6.45) is 4.65. The highest BCUT2D eigenvalue weighted by atomic mass is 32.1. The predicted octanol–water partition coefficient (Wildman–Crippen LogP) is 1.80. The smallest absolute Gasteiger partial charge is 0.282 e. The van der Waals surface area contributed by atoms with E-state index in [1.165, 1.54) is 16.2 Å². The lowest BCUT2D eigenvalue weighted by molar-refractivity contribution is -0.120. The Labute approximate surface area is 171 Å². The summed E-state index contributed by atoms with van der Waals surface area (Å²) < 4.78 is 0. The van der Waals surface area contributed by atoms with E-state index in [2.05, 4.69) is 25.5 Å². The Hall–Kier alpha value is -3.20. The lowest BCUT2D eigenvalue weighted by Gasteiger charge is -2.22. The van der Waals surface area contributed by atoms with Gasteiger partial charge in [-0.25, -0.2) is 4.98 Å². The van der Waals surface area contributed by atoms with Gasteiger partial charge < -0.3 is 5.32 Å². The number of aromatic nitrogens is 4. The van der Waals surface area contributed by atoms with E-state index in [9.17, 15) is 9.59 Å². The quantitative estimate of drug-likeness (QED) is 0.709. The maximum absolute atomic E-state index is 13.0. The number of carbonyl (C=O) groups excluding carboxylic acids is 2. The number of anilines is 1. The molecule has 2 amide bonds. The van der Waals surface area contributed by atoms with Crippen LogP contribution in [0, 0.1) is 5.92 Å². The number of likely N-dealkylation sites (N-methyl/N-ethyl adjacent to an activating group) is 1. The number of hydrogen-bond donors (Lipinski definition) is 1. The van der Waals surface area contributed by atoms with E-state index in [1.54, 1.807) is 19.4 Å². The van der Waals surface area contributed by atoms with Crippen molar-refractivity contribution in [1.82, 2.24) is 25.5 Å². The molecular formula is C20H18N6O2S. The summed E-state index contributed by atoms with van der Waals surface area (Å²) in [5.74, 6) is 0.192.